The van der Waals surface area contributed by atoms with E-state index in [9.17, 15) is 10.1 Å². The van der Waals surface area contributed by atoms with Crippen LogP contribution in [0, 0.1) is 17.0 Å². The van der Waals surface area contributed by atoms with Crippen LogP contribution in [0.1, 0.15) is 11.1 Å². The maximum Gasteiger partial charge on any atom is 0.292 e. The molecule has 2 aromatic carbocycles. The van der Waals surface area contributed by atoms with Crippen molar-refractivity contribution in [3.8, 4) is 5.75 Å². The summed E-state index contributed by atoms with van der Waals surface area (Å²) in [6, 6.07) is 12.6. The second-order valence-corrected chi connectivity index (χ2v) is 4.43. The highest BCUT2D eigenvalue weighted by molar-refractivity contribution is 5.66. The molecule has 5 heteroatoms. The Hall–Kier alpha value is -2.56. The number of nitro groups is 1. The third-order valence-electron chi connectivity index (χ3n) is 3.05. The zero-order valence-electron chi connectivity index (χ0n) is 11.4. The second kappa shape index (κ2) is 6.06. The van der Waals surface area contributed by atoms with E-state index in [4.69, 9.17) is 4.74 Å². The van der Waals surface area contributed by atoms with Crippen LogP contribution in [-0.2, 0) is 6.54 Å². The normalized spacial score (nSPS) is 10.1. The minimum Gasteiger partial charge on any atom is -0.497 e. The molecule has 0 saturated carbocycles. The zero-order valence-corrected chi connectivity index (χ0v) is 11.4. The lowest BCUT2D eigenvalue weighted by Gasteiger charge is -2.10. The largest absolute Gasteiger partial charge is 0.497 e. The van der Waals surface area contributed by atoms with Gasteiger partial charge in [-0.3, -0.25) is 10.1 Å². The van der Waals surface area contributed by atoms with Crippen LogP contribution in [0.5, 0.6) is 5.75 Å². The number of benzene rings is 2. The molecule has 104 valence electrons. The van der Waals surface area contributed by atoms with Gasteiger partial charge in [-0.15, -0.1) is 0 Å². The van der Waals surface area contributed by atoms with Gasteiger partial charge in [-0.2, -0.15) is 0 Å². The summed E-state index contributed by atoms with van der Waals surface area (Å²) in [5.74, 6) is 0.767. The number of hydrogen-bond acceptors (Lipinski definition) is 4. The fraction of sp³-hybridized carbons (Fsp3) is 0.200. The molecule has 1 N–H and O–H groups in total. The number of methoxy groups -OCH3 is 1. The van der Waals surface area contributed by atoms with Gasteiger partial charge in [0.2, 0.25) is 0 Å². The molecule has 2 aromatic rings. The highest BCUT2D eigenvalue weighted by Crippen LogP contribution is 2.28. The van der Waals surface area contributed by atoms with Crippen LogP contribution in [0.2, 0.25) is 0 Å². The first-order chi connectivity index (χ1) is 9.61. The maximum atomic E-state index is 11.0. The maximum absolute atomic E-state index is 11.0. The summed E-state index contributed by atoms with van der Waals surface area (Å²) >= 11 is 0. The highest BCUT2D eigenvalue weighted by atomic mass is 16.6. The third kappa shape index (κ3) is 3.06. The lowest BCUT2D eigenvalue weighted by molar-refractivity contribution is -0.384. The number of rotatable bonds is 5. The van der Waals surface area contributed by atoms with E-state index >= 15 is 0 Å². The van der Waals surface area contributed by atoms with Gasteiger partial charge in [-0.25, -0.2) is 0 Å². The topological polar surface area (TPSA) is 64.4 Å². The van der Waals surface area contributed by atoms with Gasteiger partial charge in [0.05, 0.1) is 12.0 Å². The summed E-state index contributed by atoms with van der Waals surface area (Å²) in [6.07, 6.45) is 0. The van der Waals surface area contributed by atoms with Gasteiger partial charge in [0, 0.05) is 12.6 Å². The number of para-hydroxylation sites is 1. The molecule has 20 heavy (non-hydrogen) atoms. The summed E-state index contributed by atoms with van der Waals surface area (Å²) in [7, 11) is 1.61. The molecule has 0 aliphatic carbocycles. The molecule has 0 aromatic heterocycles. The minimum atomic E-state index is -0.374. The lowest BCUT2D eigenvalue weighted by Crippen LogP contribution is -2.04. The molecule has 0 aliphatic rings. The van der Waals surface area contributed by atoms with Crippen LogP contribution in [0.25, 0.3) is 0 Å². The number of ether oxygens (including phenoxy) is 1. The molecular weight excluding hydrogens is 256 g/mol. The van der Waals surface area contributed by atoms with Crippen molar-refractivity contribution in [3.05, 3.63) is 63.7 Å². The first kappa shape index (κ1) is 13.9. The van der Waals surface area contributed by atoms with E-state index in [0.717, 1.165) is 16.9 Å². The average molecular weight is 272 g/mol. The molecule has 0 unspecified atom stereocenters. The Balaban J connectivity index is 2.20. The van der Waals surface area contributed by atoms with Gasteiger partial charge in [0.25, 0.3) is 5.69 Å². The van der Waals surface area contributed by atoms with E-state index in [1.165, 1.54) is 6.07 Å². The van der Waals surface area contributed by atoms with Crippen molar-refractivity contribution in [2.24, 2.45) is 0 Å². The van der Waals surface area contributed by atoms with Crippen molar-refractivity contribution in [3.63, 3.8) is 0 Å². The van der Waals surface area contributed by atoms with Gasteiger partial charge in [-0.1, -0.05) is 24.3 Å². The molecule has 0 atom stereocenters. The monoisotopic (exact) mass is 272 g/mol. The van der Waals surface area contributed by atoms with E-state index in [1.807, 2.05) is 37.3 Å². The standard InChI is InChI=1S/C15H16N2O3/c1-11-5-3-8-14(17(18)19)15(11)16-10-12-6-4-7-13(9-12)20-2/h3-9,16H,10H2,1-2H3. The average Bonchev–Trinajstić information content (AvgIpc) is 2.45. The second-order valence-electron chi connectivity index (χ2n) is 4.43. The summed E-state index contributed by atoms with van der Waals surface area (Å²) < 4.78 is 5.16. The molecular formula is C15H16N2O3. The number of nitrogens with zero attached hydrogens (tertiary/aromatic N) is 1. The predicted molar refractivity (Wildman–Crippen MR) is 78.2 cm³/mol. The van der Waals surface area contributed by atoms with Crippen molar-refractivity contribution in [1.29, 1.82) is 0 Å². The fourth-order valence-corrected chi connectivity index (χ4v) is 2.01. The van der Waals surface area contributed by atoms with Crippen LogP contribution in [-0.4, -0.2) is 12.0 Å². The first-order valence-electron chi connectivity index (χ1n) is 6.22. The third-order valence-corrected chi connectivity index (χ3v) is 3.05. The minimum absolute atomic E-state index is 0.0906. The van der Waals surface area contributed by atoms with Crippen molar-refractivity contribution >= 4 is 11.4 Å². The van der Waals surface area contributed by atoms with Crippen molar-refractivity contribution in [2.75, 3.05) is 12.4 Å². The lowest BCUT2D eigenvalue weighted by atomic mass is 10.1. The molecule has 0 amide bonds. The predicted octanol–water partition coefficient (Wildman–Crippen LogP) is 3.52. The number of anilines is 1. The Labute approximate surface area is 117 Å². The molecule has 2 rings (SSSR count). The summed E-state index contributed by atoms with van der Waals surface area (Å²) in [6.45, 7) is 2.35. The summed E-state index contributed by atoms with van der Waals surface area (Å²) in [5.41, 5.74) is 2.50. The van der Waals surface area contributed by atoms with E-state index in [1.54, 1.807) is 13.2 Å². The Morgan fingerprint density at radius 2 is 2.00 bits per heavy atom. The number of nitrogens with one attached hydrogen (secondary N) is 1. The van der Waals surface area contributed by atoms with Gasteiger partial charge in [-0.05, 0) is 30.2 Å². The number of aryl methyl sites for hydroxylation is 1. The molecule has 0 heterocycles. The molecule has 0 fully saturated rings. The smallest absolute Gasteiger partial charge is 0.292 e. The van der Waals surface area contributed by atoms with Crippen LogP contribution >= 0.6 is 0 Å². The highest BCUT2D eigenvalue weighted by Gasteiger charge is 2.14. The summed E-state index contributed by atoms with van der Waals surface area (Å²) in [4.78, 5) is 10.7. The number of hydrogen-bond donors (Lipinski definition) is 1. The van der Waals surface area contributed by atoms with E-state index < -0.39 is 0 Å². The van der Waals surface area contributed by atoms with Crippen molar-refractivity contribution < 1.29 is 9.66 Å². The van der Waals surface area contributed by atoms with Crippen LogP contribution in [0.15, 0.2) is 42.5 Å². The van der Waals surface area contributed by atoms with Crippen molar-refractivity contribution in [2.45, 2.75) is 13.5 Å². The number of nitro benzene ring substituents is 1. The molecule has 5 nitrogen and oxygen atoms in total. The SMILES string of the molecule is COc1cccc(CNc2c(C)cccc2[N+](=O)[O-])c1. The summed E-state index contributed by atoms with van der Waals surface area (Å²) in [5, 5.41) is 14.2. The molecule has 0 radical (unpaired) electrons. The van der Waals surface area contributed by atoms with Gasteiger partial charge < -0.3 is 10.1 Å². The Kier molecular flexibility index (Phi) is 4.20. The zero-order chi connectivity index (χ0) is 14.5. The van der Waals surface area contributed by atoms with Gasteiger partial charge in [0.15, 0.2) is 0 Å². The van der Waals surface area contributed by atoms with Gasteiger partial charge in [0.1, 0.15) is 11.4 Å². The van der Waals surface area contributed by atoms with Crippen LogP contribution in [0.3, 0.4) is 0 Å². The fourth-order valence-electron chi connectivity index (χ4n) is 2.01. The molecule has 0 saturated heterocycles. The van der Waals surface area contributed by atoms with E-state index in [0.29, 0.717) is 12.2 Å². The Morgan fingerprint density at radius 3 is 2.70 bits per heavy atom. The molecule has 0 spiro atoms. The van der Waals surface area contributed by atoms with E-state index in [-0.39, 0.29) is 10.6 Å². The van der Waals surface area contributed by atoms with Gasteiger partial charge >= 0.3 is 0 Å². The Morgan fingerprint density at radius 1 is 1.25 bits per heavy atom. The van der Waals surface area contributed by atoms with Crippen LogP contribution < -0.4 is 10.1 Å². The quantitative estimate of drug-likeness (QED) is 0.668. The first-order valence-corrected chi connectivity index (χ1v) is 6.22. The Bertz CT molecular complexity index is 626. The van der Waals surface area contributed by atoms with Crippen LogP contribution in [0.4, 0.5) is 11.4 Å². The molecule has 0 aliphatic heterocycles. The van der Waals surface area contributed by atoms with Crippen molar-refractivity contribution in [1.82, 2.24) is 0 Å². The molecule has 0 bridgehead atoms. The van der Waals surface area contributed by atoms with E-state index in [2.05, 4.69) is 5.32 Å².